The van der Waals surface area contributed by atoms with Gasteiger partial charge < -0.3 is 0 Å². The summed E-state index contributed by atoms with van der Waals surface area (Å²) in [6, 6.07) is 19.6. The summed E-state index contributed by atoms with van der Waals surface area (Å²) in [5, 5.41) is 3.18. The van der Waals surface area contributed by atoms with Gasteiger partial charge in [0.05, 0.1) is 0 Å². The molecule has 108 valence electrons. The van der Waals surface area contributed by atoms with Crippen LogP contribution in [0.5, 0.6) is 0 Å². The summed E-state index contributed by atoms with van der Waals surface area (Å²) < 4.78 is 11.5. The first-order valence-electron chi connectivity index (χ1n) is 6.86. The predicted octanol–water partition coefficient (Wildman–Crippen LogP) is 4.11. The molecular weight excluding hydrogens is 281 g/mol. The van der Waals surface area contributed by atoms with Gasteiger partial charge in [0.2, 0.25) is 0 Å². The number of rotatable bonds is 6. The normalized spacial score (nSPS) is 14.9. The fourth-order valence-electron chi connectivity index (χ4n) is 2.05. The summed E-state index contributed by atoms with van der Waals surface area (Å²) in [6.45, 7) is 1.98. The van der Waals surface area contributed by atoms with Crippen molar-refractivity contribution in [3.63, 3.8) is 0 Å². The molecule has 2 aromatic rings. The van der Waals surface area contributed by atoms with E-state index in [4.69, 9.17) is 0 Å². The molecule has 4 heteroatoms. The van der Waals surface area contributed by atoms with Crippen LogP contribution in [0.2, 0.25) is 0 Å². The van der Waals surface area contributed by atoms with E-state index in [0.29, 0.717) is 0 Å². The van der Waals surface area contributed by atoms with E-state index in [9.17, 15) is 9.46 Å². The van der Waals surface area contributed by atoms with Crippen LogP contribution in [-0.4, -0.2) is 10.7 Å². The molecule has 0 aliphatic rings. The minimum atomic E-state index is -2.33. The third-order valence-corrected chi connectivity index (χ3v) is 4.03. The molecule has 0 aliphatic carbocycles. The predicted molar refractivity (Wildman–Crippen MR) is 87.1 cm³/mol. The van der Waals surface area contributed by atoms with Crippen LogP contribution in [0, 0.1) is 0 Å². The molecule has 0 saturated heterocycles. The lowest BCUT2D eigenvalue weighted by atomic mass is 10.1. The van der Waals surface area contributed by atoms with Crippen LogP contribution in [0.25, 0.3) is 6.08 Å². The fraction of sp³-hybridized carbons (Fsp3) is 0.176. The summed E-state index contributed by atoms with van der Waals surface area (Å²) in [7, 11) is -2.33. The van der Waals surface area contributed by atoms with Crippen molar-refractivity contribution in [2.75, 3.05) is 0 Å². The third kappa shape index (κ3) is 4.91. The Balaban J connectivity index is 2.06. The van der Waals surface area contributed by atoms with Gasteiger partial charge in [0.1, 0.15) is 0 Å². The van der Waals surface area contributed by atoms with Crippen LogP contribution in [0.15, 0.2) is 66.7 Å². The van der Waals surface area contributed by atoms with Gasteiger partial charge in [0, 0.05) is 6.04 Å². The van der Waals surface area contributed by atoms with Crippen LogP contribution in [0.1, 0.15) is 24.1 Å². The molecule has 21 heavy (non-hydrogen) atoms. The van der Waals surface area contributed by atoms with Crippen LogP contribution in [-0.2, 0) is 4.57 Å². The lowest BCUT2D eigenvalue weighted by Crippen LogP contribution is -2.27. The van der Waals surface area contributed by atoms with Crippen LogP contribution >= 0.6 is 8.03 Å². The smallest absolute Gasteiger partial charge is 0.261 e. The number of benzene rings is 2. The zero-order valence-corrected chi connectivity index (χ0v) is 12.8. The van der Waals surface area contributed by atoms with Gasteiger partial charge >= 0.3 is 8.03 Å². The van der Waals surface area contributed by atoms with Crippen molar-refractivity contribution >= 4 is 14.1 Å². The highest BCUT2D eigenvalue weighted by Gasteiger charge is 2.27. The molecule has 2 N–H and O–H groups in total. The monoisotopic (exact) mass is 300 g/mol. The number of hydrogen-bond donors (Lipinski definition) is 2. The van der Waals surface area contributed by atoms with Crippen molar-refractivity contribution in [1.82, 2.24) is 5.32 Å². The van der Waals surface area contributed by atoms with Gasteiger partial charge in [-0.1, -0.05) is 66.7 Å². The van der Waals surface area contributed by atoms with E-state index >= 15 is 0 Å². The minimum absolute atomic E-state index is 0.00252. The molecule has 0 bridgehead atoms. The Hall–Kier alpha value is -1.80. The molecule has 3 nitrogen and oxygen atoms in total. The molecule has 0 amide bonds. The largest absolute Gasteiger partial charge is 0.529 e. The van der Waals surface area contributed by atoms with Crippen molar-refractivity contribution in [2.45, 2.75) is 18.7 Å². The summed E-state index contributed by atoms with van der Waals surface area (Å²) >= 11 is 0. The molecule has 0 saturated carbocycles. The molecule has 0 heterocycles. The van der Waals surface area contributed by atoms with E-state index in [0.717, 1.165) is 11.1 Å². The molecule has 0 aliphatic heterocycles. The SMILES string of the molecule is C[C@@H](NC(/C=C/c1ccccc1)[P+](=O)O)c1ccccc1. The van der Waals surface area contributed by atoms with Crippen LogP contribution < -0.4 is 5.32 Å². The van der Waals surface area contributed by atoms with Gasteiger partial charge in [-0.15, -0.1) is 0 Å². The highest BCUT2D eigenvalue weighted by atomic mass is 31.1. The second kappa shape index (κ2) is 7.84. The first-order chi connectivity index (χ1) is 10.2. The quantitative estimate of drug-likeness (QED) is 0.789. The average molecular weight is 300 g/mol. The Morgan fingerprint density at radius 1 is 1.05 bits per heavy atom. The second-order valence-electron chi connectivity index (χ2n) is 4.82. The molecular formula is C17H19NO2P+. The number of hydrogen-bond acceptors (Lipinski definition) is 2. The maximum Gasteiger partial charge on any atom is 0.529 e. The fourth-order valence-corrected chi connectivity index (χ4v) is 2.64. The number of nitrogens with one attached hydrogen (secondary N) is 1. The molecule has 0 spiro atoms. The third-order valence-electron chi connectivity index (χ3n) is 3.23. The Morgan fingerprint density at radius 3 is 2.19 bits per heavy atom. The van der Waals surface area contributed by atoms with E-state index in [1.165, 1.54) is 0 Å². The van der Waals surface area contributed by atoms with Gasteiger partial charge in [-0.25, -0.2) is 0 Å². The highest BCUT2D eigenvalue weighted by molar-refractivity contribution is 7.39. The Morgan fingerprint density at radius 2 is 1.62 bits per heavy atom. The molecule has 2 rings (SSSR count). The molecule has 2 aromatic carbocycles. The topological polar surface area (TPSA) is 49.3 Å². The lowest BCUT2D eigenvalue weighted by molar-refractivity contribution is 0.473. The van der Waals surface area contributed by atoms with Gasteiger partial charge in [-0.05, 0) is 28.7 Å². The molecule has 0 fully saturated rings. The summed E-state index contributed by atoms with van der Waals surface area (Å²) in [5.74, 6) is -0.574. The summed E-state index contributed by atoms with van der Waals surface area (Å²) in [5.41, 5.74) is 2.10. The van der Waals surface area contributed by atoms with E-state index < -0.39 is 13.8 Å². The maximum absolute atomic E-state index is 11.5. The Kier molecular flexibility index (Phi) is 5.82. The van der Waals surface area contributed by atoms with Crippen molar-refractivity contribution in [2.24, 2.45) is 0 Å². The highest BCUT2D eigenvalue weighted by Crippen LogP contribution is 2.25. The van der Waals surface area contributed by atoms with Gasteiger partial charge in [0.15, 0.2) is 0 Å². The second-order valence-corrected chi connectivity index (χ2v) is 5.98. The molecule has 2 unspecified atom stereocenters. The zero-order chi connectivity index (χ0) is 15.1. The average Bonchev–Trinajstić information content (AvgIpc) is 2.52. The van der Waals surface area contributed by atoms with E-state index in [2.05, 4.69) is 5.32 Å². The van der Waals surface area contributed by atoms with Crippen molar-refractivity contribution in [3.05, 3.63) is 77.9 Å². The summed E-state index contributed by atoms with van der Waals surface area (Å²) in [6.07, 6.45) is 3.60. The maximum atomic E-state index is 11.5. The van der Waals surface area contributed by atoms with Gasteiger partial charge in [0.25, 0.3) is 5.78 Å². The Labute approximate surface area is 126 Å². The Bertz CT molecular complexity index is 599. The first-order valence-corrected chi connectivity index (χ1v) is 8.14. The zero-order valence-electron chi connectivity index (χ0n) is 11.9. The molecule has 0 aromatic heterocycles. The van der Waals surface area contributed by atoms with Crippen LogP contribution in [0.4, 0.5) is 0 Å². The van der Waals surface area contributed by atoms with Crippen molar-refractivity contribution in [3.8, 4) is 0 Å². The molecule has 0 radical (unpaired) electrons. The van der Waals surface area contributed by atoms with E-state index in [1.807, 2.05) is 73.7 Å². The van der Waals surface area contributed by atoms with Crippen LogP contribution in [0.3, 0.4) is 0 Å². The van der Waals surface area contributed by atoms with Crippen molar-refractivity contribution in [1.29, 1.82) is 0 Å². The lowest BCUT2D eigenvalue weighted by Gasteiger charge is -2.13. The van der Waals surface area contributed by atoms with E-state index in [1.54, 1.807) is 6.08 Å². The standard InChI is InChI=1S/C17H18NO2P/c1-14(16-10-6-3-7-11-16)18-17(21(19)20)13-12-15-8-4-2-5-9-15/h2-14,17-18H,1H3/p+1/b13-12+/t14-,17?/m1/s1. The summed E-state index contributed by atoms with van der Waals surface area (Å²) in [4.78, 5) is 9.48. The first kappa shape index (κ1) is 15.6. The van der Waals surface area contributed by atoms with Crippen molar-refractivity contribution < 1.29 is 9.46 Å². The van der Waals surface area contributed by atoms with E-state index in [-0.39, 0.29) is 6.04 Å². The minimum Gasteiger partial charge on any atom is -0.261 e. The van der Waals surface area contributed by atoms with Gasteiger partial charge in [-0.3, -0.25) is 5.32 Å². The van der Waals surface area contributed by atoms with Gasteiger partial charge in [-0.2, -0.15) is 4.89 Å². The molecule has 3 atom stereocenters.